The maximum atomic E-state index is 11.9. The summed E-state index contributed by atoms with van der Waals surface area (Å²) in [7, 11) is 3.01. The van der Waals surface area contributed by atoms with E-state index in [1.807, 2.05) is 0 Å². The lowest BCUT2D eigenvalue weighted by atomic mass is 10.1. The molecule has 4 heteroatoms. The second kappa shape index (κ2) is 4.33. The molecule has 0 unspecified atom stereocenters. The van der Waals surface area contributed by atoms with Gasteiger partial charge in [-0.15, -0.1) is 0 Å². The zero-order chi connectivity index (χ0) is 12.4. The smallest absolute Gasteiger partial charge is 0.231 e. The van der Waals surface area contributed by atoms with Crippen molar-refractivity contribution in [3.8, 4) is 17.2 Å². The summed E-state index contributed by atoms with van der Waals surface area (Å²) in [6.45, 7) is 0. The SMILES string of the molecule is COc1cc(OC)c2c(=O)c(O)cccc2c1. The van der Waals surface area contributed by atoms with Crippen LogP contribution in [0.5, 0.6) is 17.2 Å². The lowest BCUT2D eigenvalue weighted by Gasteiger charge is -2.06. The van der Waals surface area contributed by atoms with E-state index < -0.39 is 5.43 Å². The van der Waals surface area contributed by atoms with Crippen LogP contribution in [0.2, 0.25) is 0 Å². The van der Waals surface area contributed by atoms with Crippen molar-refractivity contribution in [2.75, 3.05) is 14.2 Å². The predicted octanol–water partition coefficient (Wildman–Crippen LogP) is 1.92. The van der Waals surface area contributed by atoms with Gasteiger partial charge in [-0.05, 0) is 17.5 Å². The standard InChI is InChI=1S/C13H12O4/c1-16-9-6-8-4-3-5-10(14)13(15)12(8)11(7-9)17-2/h3-7H,1-2H3,(H,14,15). The van der Waals surface area contributed by atoms with Gasteiger partial charge in [0, 0.05) is 6.07 Å². The summed E-state index contributed by atoms with van der Waals surface area (Å²) < 4.78 is 10.3. The Morgan fingerprint density at radius 3 is 2.53 bits per heavy atom. The molecule has 0 atom stereocenters. The van der Waals surface area contributed by atoms with Gasteiger partial charge < -0.3 is 14.6 Å². The van der Waals surface area contributed by atoms with Gasteiger partial charge in [0.15, 0.2) is 5.75 Å². The lowest BCUT2D eigenvalue weighted by molar-refractivity contribution is 0.397. The summed E-state index contributed by atoms with van der Waals surface area (Å²) >= 11 is 0. The maximum Gasteiger partial charge on any atom is 0.231 e. The van der Waals surface area contributed by atoms with Gasteiger partial charge in [-0.1, -0.05) is 12.1 Å². The Labute approximate surface area is 98.0 Å². The molecule has 1 N–H and O–H groups in total. The third-order valence-corrected chi connectivity index (χ3v) is 2.55. The van der Waals surface area contributed by atoms with E-state index in [0.29, 0.717) is 22.3 Å². The molecule has 0 fully saturated rings. The quantitative estimate of drug-likeness (QED) is 0.859. The van der Waals surface area contributed by atoms with E-state index in [2.05, 4.69) is 0 Å². The van der Waals surface area contributed by atoms with Gasteiger partial charge in [0.05, 0.1) is 19.6 Å². The highest BCUT2D eigenvalue weighted by Crippen LogP contribution is 2.29. The van der Waals surface area contributed by atoms with Gasteiger partial charge in [-0.25, -0.2) is 0 Å². The van der Waals surface area contributed by atoms with Crippen LogP contribution in [0.3, 0.4) is 0 Å². The summed E-state index contributed by atoms with van der Waals surface area (Å²) in [6, 6.07) is 8.02. The summed E-state index contributed by atoms with van der Waals surface area (Å²) in [4.78, 5) is 11.9. The number of rotatable bonds is 2. The highest BCUT2D eigenvalue weighted by atomic mass is 16.5. The first-order valence-corrected chi connectivity index (χ1v) is 5.05. The van der Waals surface area contributed by atoms with Crippen molar-refractivity contribution in [1.82, 2.24) is 0 Å². The number of hydrogen-bond acceptors (Lipinski definition) is 4. The monoisotopic (exact) mass is 232 g/mol. The van der Waals surface area contributed by atoms with Gasteiger partial charge in [0.1, 0.15) is 11.5 Å². The number of benzene rings is 1. The van der Waals surface area contributed by atoms with E-state index in [1.54, 1.807) is 31.4 Å². The molecule has 0 saturated heterocycles. The van der Waals surface area contributed by atoms with Crippen LogP contribution in [-0.4, -0.2) is 19.3 Å². The molecule has 0 aromatic heterocycles. The third kappa shape index (κ3) is 1.89. The van der Waals surface area contributed by atoms with Gasteiger partial charge >= 0.3 is 0 Å². The molecule has 88 valence electrons. The van der Waals surface area contributed by atoms with Crippen molar-refractivity contribution in [1.29, 1.82) is 0 Å². The predicted molar refractivity (Wildman–Crippen MR) is 65.0 cm³/mol. The Kier molecular flexibility index (Phi) is 2.87. The largest absolute Gasteiger partial charge is 0.504 e. The summed E-state index contributed by atoms with van der Waals surface area (Å²) in [5, 5.41) is 10.5. The average Bonchev–Trinajstić information content (AvgIpc) is 2.49. The van der Waals surface area contributed by atoms with Crippen molar-refractivity contribution in [3.05, 3.63) is 40.6 Å². The fraction of sp³-hybridized carbons (Fsp3) is 0.154. The summed E-state index contributed by atoms with van der Waals surface area (Å²) in [5.41, 5.74) is -0.454. The third-order valence-electron chi connectivity index (χ3n) is 2.55. The van der Waals surface area contributed by atoms with Crippen LogP contribution in [-0.2, 0) is 0 Å². The topological polar surface area (TPSA) is 55.8 Å². The molecule has 0 aliphatic rings. The lowest BCUT2D eigenvalue weighted by Crippen LogP contribution is -2.00. The van der Waals surface area contributed by atoms with Crippen LogP contribution >= 0.6 is 0 Å². The molecule has 2 aromatic rings. The van der Waals surface area contributed by atoms with E-state index in [9.17, 15) is 9.90 Å². The van der Waals surface area contributed by atoms with Crippen molar-refractivity contribution in [2.24, 2.45) is 0 Å². The van der Waals surface area contributed by atoms with Gasteiger partial charge in [-0.3, -0.25) is 4.79 Å². The van der Waals surface area contributed by atoms with Crippen LogP contribution in [0.4, 0.5) is 0 Å². The maximum absolute atomic E-state index is 11.9. The Balaban J connectivity index is 2.98. The molecule has 17 heavy (non-hydrogen) atoms. The second-order valence-corrected chi connectivity index (χ2v) is 3.53. The fourth-order valence-electron chi connectivity index (χ4n) is 1.71. The van der Waals surface area contributed by atoms with E-state index in [-0.39, 0.29) is 5.75 Å². The minimum absolute atomic E-state index is 0.302. The second-order valence-electron chi connectivity index (χ2n) is 3.53. The molecular weight excluding hydrogens is 220 g/mol. The van der Waals surface area contributed by atoms with Crippen molar-refractivity contribution in [2.45, 2.75) is 0 Å². The molecule has 4 nitrogen and oxygen atoms in total. The Bertz CT molecular complexity index is 620. The highest BCUT2D eigenvalue weighted by molar-refractivity contribution is 5.89. The van der Waals surface area contributed by atoms with Crippen LogP contribution in [0, 0.1) is 0 Å². The molecule has 0 aliphatic heterocycles. The Morgan fingerprint density at radius 1 is 1.12 bits per heavy atom. The molecule has 0 radical (unpaired) electrons. The number of fused-ring (bicyclic) bond motifs is 1. The first kappa shape index (κ1) is 11.3. The molecule has 0 bridgehead atoms. The van der Waals surface area contributed by atoms with Crippen LogP contribution < -0.4 is 14.9 Å². The van der Waals surface area contributed by atoms with E-state index >= 15 is 0 Å². The van der Waals surface area contributed by atoms with E-state index in [1.165, 1.54) is 13.2 Å². The van der Waals surface area contributed by atoms with Gasteiger partial charge in [-0.2, -0.15) is 0 Å². The first-order valence-electron chi connectivity index (χ1n) is 5.05. The normalized spacial score (nSPS) is 10.2. The summed E-state index contributed by atoms with van der Waals surface area (Å²) in [5.74, 6) is 0.679. The molecular formula is C13H12O4. The molecule has 0 saturated carbocycles. The van der Waals surface area contributed by atoms with Crippen LogP contribution in [0.1, 0.15) is 0 Å². The first-order chi connectivity index (χ1) is 8.17. The number of ether oxygens (including phenoxy) is 2. The molecule has 2 rings (SSSR count). The molecule has 0 spiro atoms. The minimum atomic E-state index is -0.454. The molecule has 2 aromatic carbocycles. The Morgan fingerprint density at radius 2 is 1.88 bits per heavy atom. The minimum Gasteiger partial charge on any atom is -0.504 e. The van der Waals surface area contributed by atoms with Gasteiger partial charge in [0.25, 0.3) is 0 Å². The fourth-order valence-corrected chi connectivity index (χ4v) is 1.71. The van der Waals surface area contributed by atoms with Crippen molar-refractivity contribution >= 4 is 10.8 Å². The average molecular weight is 232 g/mol. The molecule has 0 amide bonds. The molecule has 0 aliphatic carbocycles. The number of methoxy groups -OCH3 is 2. The summed E-state index contributed by atoms with van der Waals surface area (Å²) in [6.07, 6.45) is 0. The Hall–Kier alpha value is -2.23. The van der Waals surface area contributed by atoms with Crippen molar-refractivity contribution < 1.29 is 14.6 Å². The van der Waals surface area contributed by atoms with Crippen LogP contribution in [0.15, 0.2) is 35.1 Å². The van der Waals surface area contributed by atoms with Crippen molar-refractivity contribution in [3.63, 3.8) is 0 Å². The van der Waals surface area contributed by atoms with E-state index in [4.69, 9.17) is 9.47 Å². The highest BCUT2D eigenvalue weighted by Gasteiger charge is 2.09. The number of hydrogen-bond donors (Lipinski definition) is 1. The number of aromatic hydroxyl groups is 1. The molecule has 0 heterocycles. The zero-order valence-corrected chi connectivity index (χ0v) is 9.56. The van der Waals surface area contributed by atoms with Gasteiger partial charge in [0.2, 0.25) is 5.43 Å². The zero-order valence-electron chi connectivity index (χ0n) is 9.56. The van der Waals surface area contributed by atoms with Crippen LogP contribution in [0.25, 0.3) is 10.8 Å². The van der Waals surface area contributed by atoms with E-state index in [0.717, 1.165) is 0 Å².